The number of rotatable bonds is 10. The van der Waals surface area contributed by atoms with E-state index in [0.29, 0.717) is 19.5 Å². The number of likely N-dealkylation sites (N-methyl/N-ethyl adjacent to an activating group) is 1. The van der Waals surface area contributed by atoms with E-state index in [4.69, 9.17) is 9.73 Å². The second kappa shape index (κ2) is 10.5. The number of nitrogens with zero attached hydrogens (tertiary/aromatic N) is 3. The van der Waals surface area contributed by atoms with Crippen molar-refractivity contribution in [3.63, 3.8) is 0 Å². The minimum Gasteiger partial charge on any atom is -0.379 e. The van der Waals surface area contributed by atoms with E-state index in [9.17, 15) is 4.79 Å². The van der Waals surface area contributed by atoms with Gasteiger partial charge in [0.25, 0.3) is 0 Å². The van der Waals surface area contributed by atoms with Gasteiger partial charge >= 0.3 is 0 Å². The maximum absolute atomic E-state index is 12.0. The standard InChI is InChI=1S/C22H34N4O2/c1-3-23-22(25(2)13-14-28-17-18-10-11-18)24-15-19-7-4-5-8-20(19)16-26-12-6-9-21(26)27/h4-5,7-8,18H,3,6,9-17H2,1-2H3,(H,23,24). The fourth-order valence-electron chi connectivity index (χ4n) is 3.41. The van der Waals surface area contributed by atoms with Gasteiger partial charge in [0.15, 0.2) is 5.96 Å². The van der Waals surface area contributed by atoms with E-state index in [1.54, 1.807) is 0 Å². The largest absolute Gasteiger partial charge is 0.379 e. The Labute approximate surface area is 168 Å². The smallest absolute Gasteiger partial charge is 0.222 e. The zero-order valence-corrected chi connectivity index (χ0v) is 17.3. The molecule has 3 rings (SSSR count). The summed E-state index contributed by atoms with van der Waals surface area (Å²) < 4.78 is 5.76. The van der Waals surface area contributed by atoms with Crippen molar-refractivity contribution in [2.45, 2.75) is 45.7 Å². The van der Waals surface area contributed by atoms with Crippen molar-refractivity contribution in [1.29, 1.82) is 0 Å². The van der Waals surface area contributed by atoms with Gasteiger partial charge < -0.3 is 19.9 Å². The highest BCUT2D eigenvalue weighted by Gasteiger charge is 2.22. The number of carbonyl (C=O) groups is 1. The summed E-state index contributed by atoms with van der Waals surface area (Å²) in [6, 6.07) is 8.31. The third kappa shape index (κ3) is 6.23. The van der Waals surface area contributed by atoms with Gasteiger partial charge in [-0.05, 0) is 43.2 Å². The quantitative estimate of drug-likeness (QED) is 0.382. The molecule has 6 nitrogen and oxygen atoms in total. The Bertz CT molecular complexity index is 672. The van der Waals surface area contributed by atoms with Crippen LogP contribution in [0.3, 0.4) is 0 Å². The molecule has 1 aromatic rings. The molecule has 0 bridgehead atoms. The van der Waals surface area contributed by atoms with Crippen molar-refractivity contribution in [1.82, 2.24) is 15.1 Å². The van der Waals surface area contributed by atoms with Crippen LogP contribution in [0.15, 0.2) is 29.3 Å². The molecule has 1 heterocycles. The number of hydrogen-bond donors (Lipinski definition) is 1. The zero-order chi connectivity index (χ0) is 19.8. The molecule has 6 heteroatoms. The Morgan fingerprint density at radius 3 is 2.79 bits per heavy atom. The molecule has 154 valence electrons. The van der Waals surface area contributed by atoms with Crippen molar-refractivity contribution < 1.29 is 9.53 Å². The summed E-state index contributed by atoms with van der Waals surface area (Å²) in [5.41, 5.74) is 2.36. The van der Waals surface area contributed by atoms with Crippen LogP contribution in [-0.2, 0) is 22.6 Å². The summed E-state index contributed by atoms with van der Waals surface area (Å²) in [7, 11) is 2.05. The van der Waals surface area contributed by atoms with Crippen LogP contribution < -0.4 is 5.32 Å². The lowest BCUT2D eigenvalue weighted by Crippen LogP contribution is -2.40. The van der Waals surface area contributed by atoms with Crippen LogP contribution in [0.5, 0.6) is 0 Å². The van der Waals surface area contributed by atoms with Gasteiger partial charge in [-0.15, -0.1) is 0 Å². The average Bonchev–Trinajstić information content (AvgIpc) is 3.44. The highest BCUT2D eigenvalue weighted by molar-refractivity contribution is 5.79. The Morgan fingerprint density at radius 2 is 2.11 bits per heavy atom. The lowest BCUT2D eigenvalue weighted by molar-refractivity contribution is -0.128. The summed E-state index contributed by atoms with van der Waals surface area (Å²) in [6.07, 6.45) is 4.29. The highest BCUT2D eigenvalue weighted by atomic mass is 16.5. The number of carbonyl (C=O) groups excluding carboxylic acids is 1. The monoisotopic (exact) mass is 386 g/mol. The molecule has 2 aliphatic rings. The molecule has 1 aromatic carbocycles. The fraction of sp³-hybridized carbons (Fsp3) is 0.636. The Kier molecular flexibility index (Phi) is 7.71. The van der Waals surface area contributed by atoms with Gasteiger partial charge in [0, 0.05) is 46.3 Å². The maximum Gasteiger partial charge on any atom is 0.222 e. The average molecular weight is 387 g/mol. The molecule has 0 aromatic heterocycles. The summed E-state index contributed by atoms with van der Waals surface area (Å²) in [5.74, 6) is 1.95. The number of benzene rings is 1. The molecule has 1 saturated carbocycles. The van der Waals surface area contributed by atoms with Gasteiger partial charge in [0.1, 0.15) is 0 Å². The molecule has 1 N–H and O–H groups in total. The van der Waals surface area contributed by atoms with Crippen LogP contribution in [-0.4, -0.2) is 61.6 Å². The molecular formula is C22H34N4O2. The number of nitrogens with one attached hydrogen (secondary N) is 1. The van der Waals surface area contributed by atoms with Gasteiger partial charge in [0.05, 0.1) is 13.2 Å². The predicted octanol–water partition coefficient (Wildman–Crippen LogP) is 2.63. The number of likely N-dealkylation sites (tertiary alicyclic amines) is 1. The van der Waals surface area contributed by atoms with Crippen molar-refractivity contribution in [2.75, 3.05) is 39.9 Å². The van der Waals surface area contributed by atoms with E-state index < -0.39 is 0 Å². The van der Waals surface area contributed by atoms with Crippen LogP contribution in [0.4, 0.5) is 0 Å². The number of guanidine groups is 1. The third-order valence-corrected chi connectivity index (χ3v) is 5.37. The first-order chi connectivity index (χ1) is 13.7. The van der Waals surface area contributed by atoms with Gasteiger partial charge in [-0.25, -0.2) is 4.99 Å². The van der Waals surface area contributed by atoms with Gasteiger partial charge in [-0.2, -0.15) is 0 Å². The topological polar surface area (TPSA) is 57.2 Å². The van der Waals surface area contributed by atoms with Crippen LogP contribution in [0, 0.1) is 5.92 Å². The van der Waals surface area contributed by atoms with Crippen molar-refractivity contribution in [3.05, 3.63) is 35.4 Å². The SMILES string of the molecule is CCNC(=NCc1ccccc1CN1CCCC1=O)N(C)CCOCC1CC1. The molecule has 0 spiro atoms. The molecule has 1 aliphatic heterocycles. The Morgan fingerprint density at radius 1 is 1.32 bits per heavy atom. The fourth-order valence-corrected chi connectivity index (χ4v) is 3.41. The van der Waals surface area contributed by atoms with Gasteiger partial charge in [0.2, 0.25) is 5.91 Å². The lowest BCUT2D eigenvalue weighted by Gasteiger charge is -2.22. The minimum atomic E-state index is 0.262. The van der Waals surface area contributed by atoms with Crippen molar-refractivity contribution in [3.8, 4) is 0 Å². The summed E-state index contributed by atoms with van der Waals surface area (Å²) in [6.45, 7) is 7.51. The number of ether oxygens (including phenoxy) is 1. The van der Waals surface area contributed by atoms with E-state index in [1.165, 1.54) is 24.0 Å². The number of hydrogen-bond acceptors (Lipinski definition) is 3. The normalized spacial score (nSPS) is 17.3. The van der Waals surface area contributed by atoms with Crippen LogP contribution in [0.25, 0.3) is 0 Å². The maximum atomic E-state index is 12.0. The molecule has 1 aliphatic carbocycles. The molecule has 2 fully saturated rings. The summed E-state index contributed by atoms with van der Waals surface area (Å²) >= 11 is 0. The highest BCUT2D eigenvalue weighted by Crippen LogP contribution is 2.28. The molecule has 1 saturated heterocycles. The molecule has 0 radical (unpaired) electrons. The van der Waals surface area contributed by atoms with Gasteiger partial charge in [-0.1, -0.05) is 24.3 Å². The first-order valence-electron chi connectivity index (χ1n) is 10.6. The first kappa shape index (κ1) is 20.6. The summed E-state index contributed by atoms with van der Waals surface area (Å²) in [5, 5.41) is 3.37. The summed E-state index contributed by atoms with van der Waals surface area (Å²) in [4.78, 5) is 20.9. The Balaban J connectivity index is 1.57. The second-order valence-electron chi connectivity index (χ2n) is 7.80. The second-order valence-corrected chi connectivity index (χ2v) is 7.80. The molecule has 0 unspecified atom stereocenters. The number of amides is 1. The van der Waals surface area contributed by atoms with E-state index >= 15 is 0 Å². The minimum absolute atomic E-state index is 0.262. The molecule has 28 heavy (non-hydrogen) atoms. The first-order valence-corrected chi connectivity index (χ1v) is 10.6. The zero-order valence-electron chi connectivity index (χ0n) is 17.3. The lowest BCUT2D eigenvalue weighted by atomic mass is 10.1. The van der Waals surface area contributed by atoms with Crippen LogP contribution in [0.2, 0.25) is 0 Å². The van der Waals surface area contributed by atoms with Crippen LogP contribution >= 0.6 is 0 Å². The van der Waals surface area contributed by atoms with E-state index in [0.717, 1.165) is 51.1 Å². The van der Waals surface area contributed by atoms with E-state index in [1.807, 2.05) is 17.0 Å². The third-order valence-electron chi connectivity index (χ3n) is 5.37. The van der Waals surface area contributed by atoms with Crippen molar-refractivity contribution >= 4 is 11.9 Å². The van der Waals surface area contributed by atoms with E-state index in [-0.39, 0.29) is 5.91 Å². The Hall–Kier alpha value is -2.08. The number of aliphatic imine (C=N–C) groups is 1. The van der Waals surface area contributed by atoms with E-state index in [2.05, 4.69) is 36.3 Å². The molecule has 1 amide bonds. The van der Waals surface area contributed by atoms with Crippen LogP contribution in [0.1, 0.15) is 43.7 Å². The molecular weight excluding hydrogens is 352 g/mol. The predicted molar refractivity (Wildman–Crippen MR) is 112 cm³/mol. The molecule has 0 atom stereocenters. The van der Waals surface area contributed by atoms with Gasteiger partial charge in [-0.3, -0.25) is 4.79 Å². The van der Waals surface area contributed by atoms with Crippen molar-refractivity contribution in [2.24, 2.45) is 10.9 Å².